The molecule has 0 atom stereocenters. The summed E-state index contributed by atoms with van der Waals surface area (Å²) in [6.07, 6.45) is 2.07. The molecule has 0 saturated carbocycles. The second-order valence-corrected chi connectivity index (χ2v) is 2.87. The quantitative estimate of drug-likeness (QED) is 0.700. The molecule has 1 aromatic heterocycles. The highest BCUT2D eigenvalue weighted by molar-refractivity contribution is 5.70. The van der Waals surface area contributed by atoms with Crippen LogP contribution in [0.15, 0.2) is 30.5 Å². The van der Waals surface area contributed by atoms with Crippen molar-refractivity contribution in [3.05, 3.63) is 36.2 Å². The third kappa shape index (κ3) is 1.85. The Kier molecular flexibility index (Phi) is 2.45. The van der Waals surface area contributed by atoms with Gasteiger partial charge >= 0.3 is 0 Å². The molecule has 0 N–H and O–H groups in total. The van der Waals surface area contributed by atoms with Crippen LogP contribution >= 0.6 is 0 Å². The molecule has 5 heteroatoms. The summed E-state index contributed by atoms with van der Waals surface area (Å²) in [5.74, 6) is 0.765. The van der Waals surface area contributed by atoms with Crippen LogP contribution in [0.5, 0.6) is 5.75 Å². The lowest BCUT2D eigenvalue weighted by Gasteiger charge is -2.01. The smallest absolute Gasteiger partial charge is 0.171 e. The van der Waals surface area contributed by atoms with Crippen molar-refractivity contribution < 1.29 is 9.53 Å². The van der Waals surface area contributed by atoms with Gasteiger partial charge in [-0.2, -0.15) is 9.90 Å². The number of rotatable bonds is 3. The van der Waals surface area contributed by atoms with E-state index in [0.717, 1.165) is 11.4 Å². The number of methoxy groups -OCH3 is 1. The van der Waals surface area contributed by atoms with Crippen molar-refractivity contribution in [3.63, 3.8) is 0 Å². The summed E-state index contributed by atoms with van der Waals surface area (Å²) in [5.41, 5.74) is 1.09. The van der Waals surface area contributed by atoms with E-state index in [-0.39, 0.29) is 0 Å². The normalized spacial score (nSPS) is 9.93. The molecular formula is C10H9N3O2. The van der Waals surface area contributed by atoms with Gasteiger partial charge in [-0.25, -0.2) is 0 Å². The predicted molar refractivity (Wildman–Crippen MR) is 53.3 cm³/mol. The summed E-state index contributed by atoms with van der Waals surface area (Å²) < 4.78 is 5.03. The first-order valence-corrected chi connectivity index (χ1v) is 4.35. The molecule has 5 nitrogen and oxygen atoms in total. The molecule has 0 amide bonds. The van der Waals surface area contributed by atoms with Gasteiger partial charge in [-0.3, -0.25) is 4.79 Å². The van der Waals surface area contributed by atoms with Crippen LogP contribution in [-0.4, -0.2) is 28.4 Å². The molecule has 0 aliphatic heterocycles. The zero-order valence-corrected chi connectivity index (χ0v) is 8.12. The van der Waals surface area contributed by atoms with E-state index in [2.05, 4.69) is 10.2 Å². The fourth-order valence-corrected chi connectivity index (χ4v) is 1.17. The molecule has 0 fully saturated rings. The van der Waals surface area contributed by atoms with Crippen LogP contribution in [0.25, 0.3) is 5.69 Å². The van der Waals surface area contributed by atoms with Crippen molar-refractivity contribution in [1.82, 2.24) is 15.0 Å². The fourth-order valence-electron chi connectivity index (χ4n) is 1.17. The summed E-state index contributed by atoms with van der Waals surface area (Å²) in [4.78, 5) is 11.8. The molecule has 2 aromatic rings. The third-order valence-electron chi connectivity index (χ3n) is 1.93. The largest absolute Gasteiger partial charge is 0.497 e. The molecule has 76 valence electrons. The van der Waals surface area contributed by atoms with E-state index in [0.29, 0.717) is 12.0 Å². The zero-order valence-electron chi connectivity index (χ0n) is 8.12. The lowest BCUT2D eigenvalue weighted by Crippen LogP contribution is -1.98. The molecule has 1 heterocycles. The van der Waals surface area contributed by atoms with Gasteiger partial charge in [0.2, 0.25) is 0 Å². The van der Waals surface area contributed by atoms with Crippen LogP contribution < -0.4 is 4.74 Å². The number of carbonyl (C=O) groups is 1. The van der Waals surface area contributed by atoms with E-state index >= 15 is 0 Å². The monoisotopic (exact) mass is 203 g/mol. The summed E-state index contributed by atoms with van der Waals surface area (Å²) in [6, 6.07) is 7.24. The molecule has 0 radical (unpaired) electrons. The predicted octanol–water partition coefficient (Wildman–Crippen LogP) is 1.09. The van der Waals surface area contributed by atoms with Gasteiger partial charge in [0.1, 0.15) is 11.4 Å². The number of benzene rings is 1. The van der Waals surface area contributed by atoms with E-state index in [9.17, 15) is 4.79 Å². The fraction of sp³-hybridized carbons (Fsp3) is 0.100. The average molecular weight is 203 g/mol. The molecule has 0 aliphatic carbocycles. The first kappa shape index (κ1) is 9.39. The number of ether oxygens (including phenoxy) is 1. The Morgan fingerprint density at radius 1 is 1.33 bits per heavy atom. The Morgan fingerprint density at radius 2 is 2.07 bits per heavy atom. The standard InChI is InChI=1S/C10H9N3O2/c1-15-10-4-2-9(3-5-10)13-11-6-8(7-14)12-13/h2-7H,1H3. The molecule has 15 heavy (non-hydrogen) atoms. The number of hydrogen-bond acceptors (Lipinski definition) is 4. The number of carbonyl (C=O) groups excluding carboxylic acids is 1. The van der Waals surface area contributed by atoms with Crippen molar-refractivity contribution in [2.45, 2.75) is 0 Å². The van der Waals surface area contributed by atoms with Crippen molar-refractivity contribution >= 4 is 6.29 Å². The highest BCUT2D eigenvalue weighted by Gasteiger charge is 2.01. The second-order valence-electron chi connectivity index (χ2n) is 2.87. The summed E-state index contributed by atoms with van der Waals surface area (Å²) >= 11 is 0. The van der Waals surface area contributed by atoms with Gasteiger partial charge in [0, 0.05) is 0 Å². The second kappa shape index (κ2) is 3.91. The van der Waals surface area contributed by atoms with E-state index in [1.54, 1.807) is 19.2 Å². The zero-order chi connectivity index (χ0) is 10.7. The van der Waals surface area contributed by atoms with Crippen LogP contribution in [0, 0.1) is 0 Å². The van der Waals surface area contributed by atoms with E-state index in [1.165, 1.54) is 11.0 Å². The Balaban J connectivity index is 2.32. The lowest BCUT2D eigenvalue weighted by atomic mass is 10.3. The Hall–Kier alpha value is -2.17. The maximum atomic E-state index is 10.4. The molecule has 2 rings (SSSR count). The first-order chi connectivity index (χ1) is 7.33. The highest BCUT2D eigenvalue weighted by Crippen LogP contribution is 2.13. The van der Waals surface area contributed by atoms with Gasteiger partial charge in [0.25, 0.3) is 0 Å². The van der Waals surface area contributed by atoms with Crippen LogP contribution in [0.1, 0.15) is 10.5 Å². The third-order valence-corrected chi connectivity index (χ3v) is 1.93. The van der Waals surface area contributed by atoms with Crippen LogP contribution in [0.3, 0.4) is 0 Å². The van der Waals surface area contributed by atoms with Crippen LogP contribution in [-0.2, 0) is 0 Å². The summed E-state index contributed by atoms with van der Waals surface area (Å²) in [5, 5.41) is 7.90. The minimum Gasteiger partial charge on any atom is -0.497 e. The SMILES string of the molecule is COc1ccc(-n2ncc(C=O)n2)cc1. The van der Waals surface area contributed by atoms with Crippen molar-refractivity contribution in [1.29, 1.82) is 0 Å². The Morgan fingerprint density at radius 3 is 2.60 bits per heavy atom. The molecule has 0 bridgehead atoms. The molecule has 0 unspecified atom stereocenters. The molecule has 0 saturated heterocycles. The molecular weight excluding hydrogens is 194 g/mol. The van der Waals surface area contributed by atoms with Crippen molar-refractivity contribution in [3.8, 4) is 11.4 Å². The van der Waals surface area contributed by atoms with Gasteiger partial charge in [-0.1, -0.05) is 0 Å². The molecule has 0 spiro atoms. The Labute approximate surface area is 86.3 Å². The first-order valence-electron chi connectivity index (χ1n) is 4.35. The summed E-state index contributed by atoms with van der Waals surface area (Å²) in [7, 11) is 1.60. The van der Waals surface area contributed by atoms with E-state index < -0.39 is 0 Å². The highest BCUT2D eigenvalue weighted by atomic mass is 16.5. The maximum Gasteiger partial charge on any atom is 0.171 e. The number of nitrogens with zero attached hydrogens (tertiary/aromatic N) is 3. The van der Waals surface area contributed by atoms with Crippen LogP contribution in [0.2, 0.25) is 0 Å². The Bertz CT molecular complexity index is 462. The van der Waals surface area contributed by atoms with E-state index in [1.807, 2.05) is 12.1 Å². The van der Waals surface area contributed by atoms with Crippen LogP contribution in [0.4, 0.5) is 0 Å². The van der Waals surface area contributed by atoms with Gasteiger partial charge in [-0.15, -0.1) is 5.10 Å². The van der Waals surface area contributed by atoms with Crippen molar-refractivity contribution in [2.75, 3.05) is 7.11 Å². The van der Waals surface area contributed by atoms with Gasteiger partial charge < -0.3 is 4.74 Å². The number of hydrogen-bond donors (Lipinski definition) is 0. The lowest BCUT2D eigenvalue weighted by molar-refractivity contribution is 0.111. The number of aldehydes is 1. The average Bonchev–Trinajstić information content (AvgIpc) is 2.78. The minimum absolute atomic E-state index is 0.311. The number of aromatic nitrogens is 3. The van der Waals surface area contributed by atoms with Crippen molar-refractivity contribution in [2.24, 2.45) is 0 Å². The van der Waals surface area contributed by atoms with Gasteiger partial charge in [-0.05, 0) is 24.3 Å². The minimum atomic E-state index is 0.311. The molecule has 1 aromatic carbocycles. The maximum absolute atomic E-state index is 10.4. The van der Waals surface area contributed by atoms with E-state index in [4.69, 9.17) is 4.74 Å². The topological polar surface area (TPSA) is 57.0 Å². The molecule has 0 aliphatic rings. The van der Waals surface area contributed by atoms with Gasteiger partial charge in [0.05, 0.1) is 19.0 Å². The van der Waals surface area contributed by atoms with Gasteiger partial charge in [0.15, 0.2) is 6.29 Å². The summed E-state index contributed by atoms with van der Waals surface area (Å²) in [6.45, 7) is 0.